The molecule has 0 radical (unpaired) electrons. The van der Waals surface area contributed by atoms with E-state index in [1.54, 1.807) is 12.5 Å². The van der Waals surface area contributed by atoms with Crippen molar-refractivity contribution in [1.29, 1.82) is 5.26 Å². The fourth-order valence-electron chi connectivity index (χ4n) is 2.04. The predicted molar refractivity (Wildman–Crippen MR) is 64.5 cm³/mol. The summed E-state index contributed by atoms with van der Waals surface area (Å²) >= 11 is 0. The van der Waals surface area contributed by atoms with Gasteiger partial charge in [0.05, 0.1) is 30.7 Å². The number of nitriles is 1. The monoisotopic (exact) mass is 222 g/mol. The molecule has 0 unspecified atom stereocenters. The minimum atomic E-state index is 0.716. The predicted octanol–water partition coefficient (Wildman–Crippen LogP) is 3.15. The summed E-state index contributed by atoms with van der Waals surface area (Å²) in [6, 6.07) is 11.9. The number of aromatic nitrogens is 1. The second-order valence-electron chi connectivity index (χ2n) is 3.93. The quantitative estimate of drug-likeness (QED) is 0.668. The molecular formula is C14H10N2O. The molecule has 0 atom stereocenters. The van der Waals surface area contributed by atoms with E-state index >= 15 is 0 Å². The summed E-state index contributed by atoms with van der Waals surface area (Å²) in [5.41, 5.74) is 2.91. The van der Waals surface area contributed by atoms with Gasteiger partial charge in [-0.2, -0.15) is 5.26 Å². The van der Waals surface area contributed by atoms with Gasteiger partial charge in [0.15, 0.2) is 0 Å². The average molecular weight is 222 g/mol. The Morgan fingerprint density at radius 1 is 1.24 bits per heavy atom. The molecule has 17 heavy (non-hydrogen) atoms. The Bertz CT molecular complexity index is 687. The van der Waals surface area contributed by atoms with Crippen molar-refractivity contribution in [3.05, 3.63) is 60.2 Å². The van der Waals surface area contributed by atoms with Crippen molar-refractivity contribution in [2.24, 2.45) is 0 Å². The van der Waals surface area contributed by atoms with Crippen LogP contribution in [-0.2, 0) is 6.54 Å². The van der Waals surface area contributed by atoms with Crippen molar-refractivity contribution >= 4 is 10.9 Å². The fourth-order valence-corrected chi connectivity index (χ4v) is 2.04. The van der Waals surface area contributed by atoms with Crippen molar-refractivity contribution in [2.45, 2.75) is 6.54 Å². The first kappa shape index (κ1) is 9.73. The first-order chi connectivity index (χ1) is 8.38. The van der Waals surface area contributed by atoms with Gasteiger partial charge < -0.3 is 8.98 Å². The first-order valence-electron chi connectivity index (χ1n) is 5.37. The number of furan rings is 1. The zero-order valence-electron chi connectivity index (χ0n) is 9.13. The maximum atomic E-state index is 9.03. The normalized spacial score (nSPS) is 10.5. The van der Waals surface area contributed by atoms with Gasteiger partial charge in [0.1, 0.15) is 0 Å². The van der Waals surface area contributed by atoms with Gasteiger partial charge in [0, 0.05) is 22.7 Å². The SMILES string of the molecule is N#Cc1cccc2c1ccn2Cc1ccoc1. The molecule has 0 saturated carbocycles. The number of rotatable bonds is 2. The summed E-state index contributed by atoms with van der Waals surface area (Å²) in [5.74, 6) is 0. The standard InChI is InChI=1S/C14H10N2O/c15-8-12-2-1-3-14-13(12)4-6-16(14)9-11-5-7-17-10-11/h1-7,10H,9H2. The van der Waals surface area contributed by atoms with Gasteiger partial charge in [-0.1, -0.05) is 6.07 Å². The lowest BCUT2D eigenvalue weighted by molar-refractivity contribution is 0.562. The van der Waals surface area contributed by atoms with Crippen LogP contribution in [0.4, 0.5) is 0 Å². The van der Waals surface area contributed by atoms with E-state index in [0.717, 1.165) is 23.0 Å². The summed E-state index contributed by atoms with van der Waals surface area (Å²) in [5, 5.41) is 10.0. The van der Waals surface area contributed by atoms with Crippen LogP contribution in [0.3, 0.4) is 0 Å². The summed E-state index contributed by atoms with van der Waals surface area (Å²) < 4.78 is 7.17. The molecule has 3 heteroatoms. The number of fused-ring (bicyclic) bond motifs is 1. The molecule has 0 aliphatic rings. The first-order valence-corrected chi connectivity index (χ1v) is 5.37. The Balaban J connectivity index is 2.10. The van der Waals surface area contributed by atoms with Crippen LogP contribution in [0.15, 0.2) is 53.5 Å². The molecule has 2 aromatic heterocycles. The molecule has 3 aromatic rings. The molecule has 0 aliphatic carbocycles. The van der Waals surface area contributed by atoms with E-state index in [2.05, 4.69) is 10.6 Å². The van der Waals surface area contributed by atoms with Gasteiger partial charge in [0.25, 0.3) is 0 Å². The Labute approximate surface area is 98.5 Å². The van der Waals surface area contributed by atoms with Crippen LogP contribution in [0.5, 0.6) is 0 Å². The van der Waals surface area contributed by atoms with Gasteiger partial charge >= 0.3 is 0 Å². The third-order valence-electron chi connectivity index (χ3n) is 2.87. The van der Waals surface area contributed by atoms with Crippen molar-refractivity contribution < 1.29 is 4.42 Å². The number of hydrogen-bond acceptors (Lipinski definition) is 2. The number of hydrogen-bond donors (Lipinski definition) is 0. The Hall–Kier alpha value is -2.47. The Morgan fingerprint density at radius 2 is 2.18 bits per heavy atom. The summed E-state index contributed by atoms with van der Waals surface area (Å²) in [6.45, 7) is 0.759. The maximum Gasteiger partial charge on any atom is 0.0998 e. The zero-order chi connectivity index (χ0) is 11.7. The van der Waals surface area contributed by atoms with E-state index in [1.165, 1.54) is 0 Å². The van der Waals surface area contributed by atoms with Gasteiger partial charge in [0.2, 0.25) is 0 Å². The molecule has 0 bridgehead atoms. The molecular weight excluding hydrogens is 212 g/mol. The lowest BCUT2D eigenvalue weighted by Crippen LogP contribution is -1.96. The summed E-state index contributed by atoms with van der Waals surface area (Å²) in [7, 11) is 0. The zero-order valence-corrected chi connectivity index (χ0v) is 9.13. The lowest BCUT2D eigenvalue weighted by Gasteiger charge is -2.03. The van der Waals surface area contributed by atoms with Gasteiger partial charge in [-0.05, 0) is 24.3 Å². The Morgan fingerprint density at radius 3 is 2.94 bits per heavy atom. The smallest absolute Gasteiger partial charge is 0.0998 e. The van der Waals surface area contributed by atoms with E-state index < -0.39 is 0 Å². The molecule has 0 aliphatic heterocycles. The molecule has 2 heterocycles. The molecule has 0 amide bonds. The molecule has 3 nitrogen and oxygen atoms in total. The highest BCUT2D eigenvalue weighted by molar-refractivity contribution is 5.86. The second-order valence-corrected chi connectivity index (χ2v) is 3.93. The maximum absolute atomic E-state index is 9.03. The van der Waals surface area contributed by atoms with Crippen molar-refractivity contribution in [2.75, 3.05) is 0 Å². The van der Waals surface area contributed by atoms with Crippen LogP contribution in [0.1, 0.15) is 11.1 Å². The van der Waals surface area contributed by atoms with Crippen molar-refractivity contribution in [1.82, 2.24) is 4.57 Å². The minimum absolute atomic E-state index is 0.716. The van der Waals surface area contributed by atoms with E-state index in [1.807, 2.05) is 36.5 Å². The third kappa shape index (κ3) is 1.60. The summed E-state index contributed by atoms with van der Waals surface area (Å²) in [4.78, 5) is 0. The topological polar surface area (TPSA) is 41.9 Å². The molecule has 0 fully saturated rings. The van der Waals surface area contributed by atoms with Crippen LogP contribution in [0.25, 0.3) is 10.9 Å². The van der Waals surface area contributed by atoms with Crippen LogP contribution in [0.2, 0.25) is 0 Å². The highest BCUT2D eigenvalue weighted by Gasteiger charge is 2.05. The molecule has 0 spiro atoms. The van der Waals surface area contributed by atoms with Crippen LogP contribution >= 0.6 is 0 Å². The molecule has 3 rings (SSSR count). The fraction of sp³-hybridized carbons (Fsp3) is 0.0714. The molecule has 0 saturated heterocycles. The van der Waals surface area contributed by atoms with Crippen LogP contribution in [-0.4, -0.2) is 4.57 Å². The Kier molecular flexibility index (Phi) is 2.20. The largest absolute Gasteiger partial charge is 0.472 e. The van der Waals surface area contributed by atoms with Crippen molar-refractivity contribution in [3.63, 3.8) is 0 Å². The average Bonchev–Trinajstić information content (AvgIpc) is 2.99. The van der Waals surface area contributed by atoms with Gasteiger partial charge in [-0.25, -0.2) is 0 Å². The highest BCUT2D eigenvalue weighted by Crippen LogP contribution is 2.20. The molecule has 0 N–H and O–H groups in total. The van der Waals surface area contributed by atoms with E-state index in [-0.39, 0.29) is 0 Å². The number of nitrogens with zero attached hydrogens (tertiary/aromatic N) is 2. The second kappa shape index (κ2) is 3.84. The minimum Gasteiger partial charge on any atom is -0.472 e. The molecule has 82 valence electrons. The number of benzene rings is 1. The summed E-state index contributed by atoms with van der Waals surface area (Å²) in [6.07, 6.45) is 5.40. The molecule has 1 aromatic carbocycles. The highest BCUT2D eigenvalue weighted by atomic mass is 16.3. The van der Waals surface area contributed by atoms with Crippen LogP contribution < -0.4 is 0 Å². The third-order valence-corrected chi connectivity index (χ3v) is 2.87. The van der Waals surface area contributed by atoms with Gasteiger partial charge in [-0.3, -0.25) is 0 Å². The van der Waals surface area contributed by atoms with E-state index in [9.17, 15) is 0 Å². The van der Waals surface area contributed by atoms with Crippen LogP contribution in [0, 0.1) is 11.3 Å². The van der Waals surface area contributed by atoms with Crippen molar-refractivity contribution in [3.8, 4) is 6.07 Å². The van der Waals surface area contributed by atoms with Gasteiger partial charge in [-0.15, -0.1) is 0 Å². The van der Waals surface area contributed by atoms with E-state index in [0.29, 0.717) is 5.56 Å². The van der Waals surface area contributed by atoms with E-state index in [4.69, 9.17) is 9.68 Å². The lowest BCUT2D eigenvalue weighted by atomic mass is 10.1.